The van der Waals surface area contributed by atoms with Gasteiger partial charge in [0.15, 0.2) is 15.9 Å². The first-order chi connectivity index (χ1) is 17.4. The number of hydrogen-bond acceptors (Lipinski definition) is 7. The van der Waals surface area contributed by atoms with Gasteiger partial charge in [0.1, 0.15) is 11.5 Å². The maximum Gasteiger partial charge on any atom is 0.264 e. The molecule has 12 heteroatoms. The number of benzene rings is 3. The fraction of sp³-hybridized carbons (Fsp3) is 0.240. The van der Waals surface area contributed by atoms with Gasteiger partial charge in [0.05, 0.1) is 35.2 Å². The molecule has 3 aromatic carbocycles. The molecule has 1 N–H and O–H groups in total. The number of sulfonamides is 1. The van der Waals surface area contributed by atoms with Gasteiger partial charge in [-0.1, -0.05) is 23.7 Å². The Hall–Kier alpha value is -3.28. The number of sulfone groups is 1. The highest BCUT2D eigenvalue weighted by atomic mass is 35.5. The van der Waals surface area contributed by atoms with Gasteiger partial charge in [-0.25, -0.2) is 16.8 Å². The number of nitrogens with zero attached hydrogens (tertiary/aromatic N) is 1. The number of ether oxygens (including phenoxy) is 2. The lowest BCUT2D eigenvalue weighted by Crippen LogP contribution is -2.51. The molecule has 0 saturated heterocycles. The predicted octanol–water partition coefficient (Wildman–Crippen LogP) is 3.59. The first-order valence-electron chi connectivity index (χ1n) is 11.1. The number of nitrogens with one attached hydrogen (secondary N) is 1. The summed E-state index contributed by atoms with van der Waals surface area (Å²) >= 11 is 6.14. The number of fused-ring (bicyclic) bond motifs is 1. The number of halogens is 1. The Morgan fingerprint density at radius 1 is 1.03 bits per heavy atom. The van der Waals surface area contributed by atoms with Gasteiger partial charge < -0.3 is 14.8 Å². The van der Waals surface area contributed by atoms with Crippen LogP contribution in [0, 0.1) is 0 Å². The molecular weight excluding hydrogens is 540 g/mol. The van der Waals surface area contributed by atoms with E-state index in [0.29, 0.717) is 16.3 Å². The van der Waals surface area contributed by atoms with Gasteiger partial charge in [-0.2, -0.15) is 0 Å². The first-order valence-corrected chi connectivity index (χ1v) is 14.8. The monoisotopic (exact) mass is 564 g/mol. The summed E-state index contributed by atoms with van der Waals surface area (Å²) in [6, 6.07) is 16.1. The van der Waals surface area contributed by atoms with Crippen LogP contribution in [0.4, 0.5) is 5.69 Å². The molecule has 0 aromatic heterocycles. The molecule has 0 saturated carbocycles. The van der Waals surface area contributed by atoms with Crippen LogP contribution < -0.4 is 19.1 Å². The van der Waals surface area contributed by atoms with E-state index in [-0.39, 0.29) is 27.8 Å². The Labute approximate surface area is 220 Å². The molecule has 37 heavy (non-hydrogen) atoms. The molecule has 0 unspecified atom stereocenters. The van der Waals surface area contributed by atoms with E-state index in [1.807, 2.05) is 0 Å². The summed E-state index contributed by atoms with van der Waals surface area (Å²) in [6.45, 7) is 1.45. The van der Waals surface area contributed by atoms with Crippen LogP contribution in [0.2, 0.25) is 5.02 Å². The lowest BCUT2D eigenvalue weighted by Gasteiger charge is -2.35. The summed E-state index contributed by atoms with van der Waals surface area (Å²) in [5.74, 6) is 0.161. The standard InChI is InChI=1S/C25H25ClN2O7S2/c1-16(17-4-9-20(10-5-17)36(3,30)31)27-25(29)24-15-28(22-14-18(26)6-13-23(22)35-24)37(32,33)21-11-7-19(34-2)8-12-21/h4-14,16,24H,15H2,1-3H3,(H,27,29)/t16-,24+/m1/s1. The van der Waals surface area contributed by atoms with Gasteiger partial charge in [0.2, 0.25) is 0 Å². The van der Waals surface area contributed by atoms with E-state index >= 15 is 0 Å². The summed E-state index contributed by atoms with van der Waals surface area (Å²) in [6.07, 6.45) is -0.0378. The quantitative estimate of drug-likeness (QED) is 0.466. The Kier molecular flexibility index (Phi) is 7.40. The smallest absolute Gasteiger partial charge is 0.264 e. The first kappa shape index (κ1) is 26.8. The van der Waals surface area contributed by atoms with E-state index in [4.69, 9.17) is 21.1 Å². The van der Waals surface area contributed by atoms with Crippen LogP contribution >= 0.6 is 11.6 Å². The predicted molar refractivity (Wildman–Crippen MR) is 140 cm³/mol. The fourth-order valence-corrected chi connectivity index (χ4v) is 6.12. The van der Waals surface area contributed by atoms with E-state index in [9.17, 15) is 21.6 Å². The number of anilines is 1. The molecule has 0 fully saturated rings. The van der Waals surface area contributed by atoms with Gasteiger partial charge in [-0.3, -0.25) is 9.10 Å². The maximum absolute atomic E-state index is 13.6. The number of carbonyl (C=O) groups is 1. The SMILES string of the molecule is COc1ccc(S(=O)(=O)N2C[C@@H](C(=O)N[C@H](C)c3ccc(S(C)(=O)=O)cc3)Oc3ccc(Cl)cc32)cc1. The minimum atomic E-state index is -4.08. The molecular formula is C25H25ClN2O7S2. The van der Waals surface area contributed by atoms with Crippen molar-refractivity contribution in [1.82, 2.24) is 5.32 Å². The average Bonchev–Trinajstić information content (AvgIpc) is 2.87. The molecule has 0 radical (unpaired) electrons. The van der Waals surface area contributed by atoms with Gasteiger partial charge in [-0.15, -0.1) is 0 Å². The molecule has 196 valence electrons. The summed E-state index contributed by atoms with van der Waals surface area (Å²) in [5.41, 5.74) is 0.892. The third-order valence-electron chi connectivity index (χ3n) is 5.90. The molecule has 3 aromatic rings. The summed E-state index contributed by atoms with van der Waals surface area (Å²) in [7, 11) is -5.95. The molecule has 0 aliphatic carbocycles. The van der Waals surface area contributed by atoms with Gasteiger partial charge >= 0.3 is 0 Å². The maximum atomic E-state index is 13.6. The van der Waals surface area contributed by atoms with Crippen LogP contribution in [0.5, 0.6) is 11.5 Å². The van der Waals surface area contributed by atoms with Crippen molar-refractivity contribution in [3.63, 3.8) is 0 Å². The number of amides is 1. The van der Waals surface area contributed by atoms with Crippen molar-refractivity contribution in [2.24, 2.45) is 0 Å². The lowest BCUT2D eigenvalue weighted by molar-refractivity contribution is -0.128. The van der Waals surface area contributed by atoms with E-state index in [2.05, 4.69) is 5.32 Å². The van der Waals surface area contributed by atoms with Crippen LogP contribution in [0.25, 0.3) is 0 Å². The summed E-state index contributed by atoms with van der Waals surface area (Å²) < 4.78 is 62.7. The highest BCUT2D eigenvalue weighted by Crippen LogP contribution is 2.39. The van der Waals surface area contributed by atoms with Crippen molar-refractivity contribution in [2.75, 3.05) is 24.2 Å². The normalized spacial score (nSPS) is 16.3. The van der Waals surface area contributed by atoms with Crippen molar-refractivity contribution in [3.05, 3.63) is 77.3 Å². The van der Waals surface area contributed by atoms with Crippen molar-refractivity contribution in [1.29, 1.82) is 0 Å². The Bertz CT molecular complexity index is 1520. The minimum Gasteiger partial charge on any atom is -0.497 e. The number of hydrogen-bond donors (Lipinski definition) is 1. The second-order valence-electron chi connectivity index (χ2n) is 8.50. The summed E-state index contributed by atoms with van der Waals surface area (Å²) in [5, 5.41) is 3.13. The minimum absolute atomic E-state index is 0.0135. The Balaban J connectivity index is 1.60. The van der Waals surface area contributed by atoms with Crippen LogP contribution in [0.15, 0.2) is 76.5 Å². The lowest BCUT2D eigenvalue weighted by atomic mass is 10.1. The highest BCUT2D eigenvalue weighted by molar-refractivity contribution is 7.92. The molecule has 1 aliphatic heterocycles. The molecule has 4 rings (SSSR count). The number of rotatable bonds is 7. The zero-order valence-corrected chi connectivity index (χ0v) is 22.6. The van der Waals surface area contributed by atoms with Gasteiger partial charge in [0, 0.05) is 11.3 Å². The van der Waals surface area contributed by atoms with Crippen molar-refractivity contribution in [3.8, 4) is 11.5 Å². The Morgan fingerprint density at radius 2 is 1.65 bits per heavy atom. The fourth-order valence-electron chi connectivity index (χ4n) is 3.86. The average molecular weight is 565 g/mol. The van der Waals surface area contributed by atoms with Crippen LogP contribution in [0.3, 0.4) is 0 Å². The van der Waals surface area contributed by atoms with Crippen molar-refractivity contribution in [2.45, 2.75) is 28.9 Å². The van der Waals surface area contributed by atoms with Crippen LogP contribution in [-0.4, -0.2) is 48.8 Å². The molecule has 2 atom stereocenters. The van der Waals surface area contributed by atoms with Gasteiger partial charge in [-0.05, 0) is 67.1 Å². The van der Waals surface area contributed by atoms with E-state index in [1.54, 1.807) is 25.1 Å². The molecule has 9 nitrogen and oxygen atoms in total. The third-order valence-corrected chi connectivity index (χ3v) is 9.05. The van der Waals surface area contributed by atoms with Crippen molar-refractivity contribution >= 4 is 43.1 Å². The highest BCUT2D eigenvalue weighted by Gasteiger charge is 2.38. The number of carbonyl (C=O) groups excluding carboxylic acids is 1. The Morgan fingerprint density at radius 3 is 2.24 bits per heavy atom. The van der Waals surface area contributed by atoms with E-state index in [1.165, 1.54) is 55.6 Å². The molecule has 0 bridgehead atoms. The van der Waals surface area contributed by atoms with Gasteiger partial charge in [0.25, 0.3) is 15.9 Å². The number of methoxy groups -OCH3 is 1. The second kappa shape index (κ2) is 10.2. The van der Waals surface area contributed by atoms with Crippen molar-refractivity contribution < 1.29 is 31.1 Å². The van der Waals surface area contributed by atoms with E-state index in [0.717, 1.165) is 10.6 Å². The molecule has 1 aliphatic rings. The zero-order chi connectivity index (χ0) is 27.0. The topological polar surface area (TPSA) is 119 Å². The van der Waals surface area contributed by atoms with Crippen LogP contribution in [0.1, 0.15) is 18.5 Å². The largest absolute Gasteiger partial charge is 0.497 e. The molecule has 1 amide bonds. The molecule has 0 spiro atoms. The zero-order valence-electron chi connectivity index (χ0n) is 20.2. The molecule has 1 heterocycles. The van der Waals surface area contributed by atoms with Crippen LogP contribution in [-0.2, 0) is 24.7 Å². The van der Waals surface area contributed by atoms with E-state index < -0.39 is 37.9 Å². The third kappa shape index (κ3) is 5.68. The summed E-state index contributed by atoms with van der Waals surface area (Å²) in [4.78, 5) is 13.4. The second-order valence-corrected chi connectivity index (χ2v) is 12.8.